The summed E-state index contributed by atoms with van der Waals surface area (Å²) in [6.07, 6.45) is 1.91. The molecule has 2 aromatic carbocycles. The van der Waals surface area contributed by atoms with E-state index in [0.29, 0.717) is 28.9 Å². The zero-order valence-electron chi connectivity index (χ0n) is 19.7. The molecule has 0 saturated heterocycles. The number of phenolic OH excluding ortho intramolecular Hbond substituents is 3. The molecule has 4 N–H and O–H groups in total. The van der Waals surface area contributed by atoms with Gasteiger partial charge in [-0.05, 0) is 46.2 Å². The van der Waals surface area contributed by atoms with Gasteiger partial charge in [0.2, 0.25) is 11.2 Å². The molecule has 0 radical (unpaired) electrons. The molecule has 0 amide bonds. The lowest BCUT2D eigenvalue weighted by molar-refractivity contribution is -0.0229. The fourth-order valence-electron chi connectivity index (χ4n) is 4.09. The molecule has 0 saturated carbocycles. The van der Waals surface area contributed by atoms with Gasteiger partial charge in [0.15, 0.2) is 17.3 Å². The van der Waals surface area contributed by atoms with Gasteiger partial charge in [0.1, 0.15) is 28.6 Å². The molecule has 0 bridgehead atoms. The second-order valence-electron chi connectivity index (χ2n) is 9.32. The first-order valence-electron chi connectivity index (χ1n) is 10.9. The van der Waals surface area contributed by atoms with E-state index in [1.165, 1.54) is 19.2 Å². The zero-order valence-corrected chi connectivity index (χ0v) is 19.7. The van der Waals surface area contributed by atoms with Crippen molar-refractivity contribution in [3.8, 4) is 40.1 Å². The normalized spacial score (nSPS) is 15.2. The minimum Gasteiger partial charge on any atom is -0.507 e. The molecule has 1 unspecified atom stereocenters. The first kappa shape index (κ1) is 23.5. The highest BCUT2D eigenvalue weighted by molar-refractivity contribution is 5.91. The average molecular weight is 469 g/mol. The molecular weight excluding hydrogens is 440 g/mol. The van der Waals surface area contributed by atoms with Crippen LogP contribution in [0.25, 0.3) is 22.3 Å². The van der Waals surface area contributed by atoms with Crippen molar-refractivity contribution in [3.63, 3.8) is 0 Å². The lowest BCUT2D eigenvalue weighted by Crippen LogP contribution is -2.39. The third-order valence-electron chi connectivity index (χ3n) is 5.98. The van der Waals surface area contributed by atoms with Gasteiger partial charge in [-0.3, -0.25) is 4.79 Å². The van der Waals surface area contributed by atoms with Crippen molar-refractivity contribution in [2.24, 2.45) is 0 Å². The van der Waals surface area contributed by atoms with Crippen LogP contribution >= 0.6 is 0 Å². The summed E-state index contributed by atoms with van der Waals surface area (Å²) in [4.78, 5) is 13.3. The molecule has 8 heteroatoms. The summed E-state index contributed by atoms with van der Waals surface area (Å²) in [5.74, 6) is -0.766. The lowest BCUT2D eigenvalue weighted by Gasteiger charge is -2.24. The quantitative estimate of drug-likeness (QED) is 0.324. The Bertz CT molecular complexity index is 1370. The van der Waals surface area contributed by atoms with Crippen LogP contribution in [0.5, 0.6) is 28.7 Å². The fourth-order valence-corrected chi connectivity index (χ4v) is 4.09. The maximum absolute atomic E-state index is 13.3. The lowest BCUT2D eigenvalue weighted by atomic mass is 9.96. The highest BCUT2D eigenvalue weighted by atomic mass is 16.5. The number of allylic oxidation sites excluding steroid dienone is 2. The summed E-state index contributed by atoms with van der Waals surface area (Å²) in [5.41, 5.74) is 0.676. The molecule has 3 aromatic rings. The summed E-state index contributed by atoms with van der Waals surface area (Å²) in [6, 6.07) is 4.23. The topological polar surface area (TPSA) is 130 Å². The van der Waals surface area contributed by atoms with E-state index < -0.39 is 17.1 Å². The van der Waals surface area contributed by atoms with E-state index >= 15 is 0 Å². The molecule has 180 valence electrons. The number of aromatic hydroxyl groups is 3. The molecule has 4 rings (SSSR count). The van der Waals surface area contributed by atoms with Crippen molar-refractivity contribution in [2.75, 3.05) is 7.11 Å². The average Bonchev–Trinajstić information content (AvgIpc) is 3.18. The highest BCUT2D eigenvalue weighted by Crippen LogP contribution is 2.45. The summed E-state index contributed by atoms with van der Waals surface area (Å²) in [7, 11) is 1.31. The van der Waals surface area contributed by atoms with E-state index in [1.54, 1.807) is 19.9 Å². The largest absolute Gasteiger partial charge is 0.507 e. The third kappa shape index (κ3) is 3.94. The van der Waals surface area contributed by atoms with E-state index in [9.17, 15) is 25.2 Å². The maximum Gasteiger partial charge on any atom is 0.239 e. The number of rotatable bonds is 5. The van der Waals surface area contributed by atoms with E-state index in [0.717, 1.165) is 5.57 Å². The number of fused-ring (bicyclic) bond motifs is 3. The number of aliphatic hydroxyl groups is 1. The van der Waals surface area contributed by atoms with Crippen molar-refractivity contribution < 1.29 is 34.3 Å². The Morgan fingerprint density at radius 1 is 1.18 bits per heavy atom. The van der Waals surface area contributed by atoms with Gasteiger partial charge in [-0.25, -0.2) is 0 Å². The minimum atomic E-state index is -1.17. The van der Waals surface area contributed by atoms with Crippen LogP contribution < -0.4 is 14.9 Å². The van der Waals surface area contributed by atoms with Crippen LogP contribution in [0.2, 0.25) is 0 Å². The van der Waals surface area contributed by atoms with E-state index in [-0.39, 0.29) is 46.1 Å². The van der Waals surface area contributed by atoms with Crippen LogP contribution in [0.1, 0.15) is 38.8 Å². The van der Waals surface area contributed by atoms with Crippen LogP contribution in [0.4, 0.5) is 0 Å². The second kappa shape index (κ2) is 8.29. The molecule has 34 heavy (non-hydrogen) atoms. The van der Waals surface area contributed by atoms with E-state index in [4.69, 9.17) is 13.9 Å². The molecule has 1 aromatic heterocycles. The standard InChI is InChI=1S/C26H28O8/c1-12(2)6-7-13-8-14(9-17(28)21(13)29)23-25(32-5)22(30)20-16(27)11-18-15(24(20)34-23)10-19(33-18)26(3,4)31/h6,8-9,11,19,27-29,31H,7,10H2,1-5H3. The summed E-state index contributed by atoms with van der Waals surface area (Å²) < 4.78 is 17.3. The molecule has 2 heterocycles. The van der Waals surface area contributed by atoms with Gasteiger partial charge >= 0.3 is 0 Å². The summed E-state index contributed by atoms with van der Waals surface area (Å²) >= 11 is 0. The highest BCUT2D eigenvalue weighted by Gasteiger charge is 2.38. The van der Waals surface area contributed by atoms with Crippen molar-refractivity contribution in [3.05, 3.63) is 51.2 Å². The Hall–Kier alpha value is -3.65. The van der Waals surface area contributed by atoms with Crippen molar-refractivity contribution >= 4 is 11.0 Å². The van der Waals surface area contributed by atoms with Gasteiger partial charge in [0.05, 0.1) is 12.7 Å². The van der Waals surface area contributed by atoms with Gasteiger partial charge in [-0.1, -0.05) is 11.6 Å². The second-order valence-corrected chi connectivity index (χ2v) is 9.32. The number of methoxy groups -OCH3 is 1. The summed E-state index contributed by atoms with van der Waals surface area (Å²) in [5, 5.41) is 41.6. The molecule has 0 spiro atoms. The van der Waals surface area contributed by atoms with Gasteiger partial charge in [-0.2, -0.15) is 0 Å². The van der Waals surface area contributed by atoms with Crippen LogP contribution in [-0.4, -0.2) is 39.2 Å². The third-order valence-corrected chi connectivity index (χ3v) is 5.98. The van der Waals surface area contributed by atoms with Crippen molar-refractivity contribution in [1.29, 1.82) is 0 Å². The van der Waals surface area contributed by atoms with E-state index in [2.05, 4.69) is 0 Å². The van der Waals surface area contributed by atoms with Crippen molar-refractivity contribution in [2.45, 2.75) is 52.2 Å². The monoisotopic (exact) mass is 468 g/mol. The number of ether oxygens (including phenoxy) is 2. The molecule has 1 aliphatic heterocycles. The van der Waals surface area contributed by atoms with Crippen LogP contribution in [0.3, 0.4) is 0 Å². The number of benzene rings is 2. The first-order valence-corrected chi connectivity index (χ1v) is 10.9. The first-order chi connectivity index (χ1) is 15.9. The van der Waals surface area contributed by atoms with Crippen LogP contribution in [0, 0.1) is 0 Å². The minimum absolute atomic E-state index is 0.0354. The maximum atomic E-state index is 13.3. The van der Waals surface area contributed by atoms with Gasteiger partial charge < -0.3 is 34.3 Å². The smallest absolute Gasteiger partial charge is 0.239 e. The predicted molar refractivity (Wildman–Crippen MR) is 127 cm³/mol. The van der Waals surface area contributed by atoms with Crippen LogP contribution in [0.15, 0.2) is 39.1 Å². The van der Waals surface area contributed by atoms with Crippen LogP contribution in [-0.2, 0) is 12.8 Å². The number of hydrogen-bond donors (Lipinski definition) is 4. The zero-order chi connectivity index (χ0) is 24.9. The number of phenols is 3. The summed E-state index contributed by atoms with van der Waals surface area (Å²) in [6.45, 7) is 7.07. The Morgan fingerprint density at radius 3 is 2.50 bits per heavy atom. The van der Waals surface area contributed by atoms with Gasteiger partial charge in [0, 0.05) is 29.2 Å². The molecule has 1 atom stereocenters. The number of hydrogen-bond acceptors (Lipinski definition) is 8. The Kier molecular flexibility index (Phi) is 5.73. The van der Waals surface area contributed by atoms with Gasteiger partial charge in [0.25, 0.3) is 0 Å². The molecule has 1 aliphatic rings. The molecular formula is C26H28O8. The Balaban J connectivity index is 1.99. The molecule has 8 nitrogen and oxygen atoms in total. The Labute approximate surface area is 196 Å². The molecule has 0 fully saturated rings. The fraction of sp³-hybridized carbons (Fsp3) is 0.346. The van der Waals surface area contributed by atoms with E-state index in [1.807, 2.05) is 19.9 Å². The van der Waals surface area contributed by atoms with Crippen molar-refractivity contribution in [1.82, 2.24) is 0 Å². The SMILES string of the molecule is COc1c(-c2cc(O)c(O)c(CC=C(C)C)c2)oc2c3c(cc(O)c2c1=O)OC(C(C)(C)O)C3. The predicted octanol–water partition coefficient (Wildman–Crippen LogP) is 4.17. The molecule has 0 aliphatic carbocycles. The Morgan fingerprint density at radius 2 is 1.88 bits per heavy atom. The van der Waals surface area contributed by atoms with Gasteiger partial charge in [-0.15, -0.1) is 0 Å².